The first-order valence-corrected chi connectivity index (χ1v) is 9.13. The smallest absolute Gasteiger partial charge is 0.159 e. The number of carbonyl (C=O) groups is 1. The molecular weight excluding hydrogens is 322 g/mol. The van der Waals surface area contributed by atoms with Crippen LogP contribution in [0.5, 0.6) is 5.75 Å². The Labute approximate surface area is 153 Å². The number of hydrogen-bond acceptors (Lipinski definition) is 2. The van der Waals surface area contributed by atoms with E-state index in [-0.39, 0.29) is 11.7 Å². The van der Waals surface area contributed by atoms with E-state index in [1.807, 2.05) is 18.2 Å². The monoisotopic (exact) mass is 345 g/mol. The van der Waals surface area contributed by atoms with E-state index in [0.29, 0.717) is 6.42 Å². The quantitative estimate of drug-likeness (QED) is 0.697. The number of ketones is 1. The van der Waals surface area contributed by atoms with Crippen molar-refractivity contribution in [1.29, 1.82) is 0 Å². The molecule has 0 bridgehead atoms. The zero-order valence-electron chi connectivity index (χ0n) is 15.2. The average Bonchev–Trinajstić information content (AvgIpc) is 3.00. The summed E-state index contributed by atoms with van der Waals surface area (Å²) >= 11 is 0. The summed E-state index contributed by atoms with van der Waals surface area (Å²) in [6.45, 7) is 2.09. The second-order valence-electron chi connectivity index (χ2n) is 6.89. The fraction of sp³-hybridized carbons (Fsp3) is 0.261. The van der Waals surface area contributed by atoms with Crippen LogP contribution in [0.3, 0.4) is 0 Å². The molecule has 2 aromatic carbocycles. The molecule has 132 valence electrons. The third-order valence-electron chi connectivity index (χ3n) is 5.26. The van der Waals surface area contributed by atoms with Crippen molar-refractivity contribution in [2.75, 3.05) is 7.11 Å². The number of fused-ring (bicyclic) bond motifs is 1. The number of ether oxygens (including phenoxy) is 1. The number of hydrogen-bond donors (Lipinski definition) is 1. The fourth-order valence-electron chi connectivity index (χ4n) is 4.05. The Hall–Kier alpha value is -2.81. The number of nitrogens with one attached hydrogen (secondary N) is 1. The fourth-order valence-corrected chi connectivity index (χ4v) is 4.05. The van der Waals surface area contributed by atoms with E-state index in [4.69, 9.17) is 4.74 Å². The van der Waals surface area contributed by atoms with Crippen molar-refractivity contribution in [2.45, 2.75) is 32.1 Å². The Morgan fingerprint density at radius 1 is 1.12 bits per heavy atom. The number of para-hydroxylation sites is 1. The molecule has 0 saturated carbocycles. The molecule has 26 heavy (non-hydrogen) atoms. The van der Waals surface area contributed by atoms with Gasteiger partial charge in [0, 0.05) is 34.5 Å². The predicted octanol–water partition coefficient (Wildman–Crippen LogP) is 5.30. The Bertz CT molecular complexity index is 996. The van der Waals surface area contributed by atoms with Gasteiger partial charge in [0.2, 0.25) is 0 Å². The molecule has 1 unspecified atom stereocenters. The average molecular weight is 345 g/mol. The van der Waals surface area contributed by atoms with E-state index < -0.39 is 0 Å². The van der Waals surface area contributed by atoms with Gasteiger partial charge in [0.25, 0.3) is 0 Å². The Balaban J connectivity index is 1.97. The summed E-state index contributed by atoms with van der Waals surface area (Å²) in [5.41, 5.74) is 5.42. The first-order valence-electron chi connectivity index (χ1n) is 9.13. The van der Waals surface area contributed by atoms with E-state index in [0.717, 1.165) is 40.9 Å². The third kappa shape index (κ3) is 2.84. The van der Waals surface area contributed by atoms with Gasteiger partial charge in [0.1, 0.15) is 5.75 Å². The van der Waals surface area contributed by atoms with Crippen LogP contribution in [0.15, 0.2) is 60.2 Å². The Kier molecular flexibility index (Phi) is 4.37. The topological polar surface area (TPSA) is 42.1 Å². The van der Waals surface area contributed by atoms with E-state index in [2.05, 4.69) is 48.3 Å². The number of aromatic amines is 1. The number of aryl methyl sites for hydroxylation is 1. The normalized spacial score (nSPS) is 15.8. The first kappa shape index (κ1) is 16.6. The second-order valence-corrected chi connectivity index (χ2v) is 6.89. The number of rotatable bonds is 4. The largest absolute Gasteiger partial charge is 0.497 e. The van der Waals surface area contributed by atoms with Crippen molar-refractivity contribution in [3.05, 3.63) is 77.0 Å². The van der Waals surface area contributed by atoms with Crippen molar-refractivity contribution >= 4 is 16.7 Å². The van der Waals surface area contributed by atoms with Crippen LogP contribution in [0.2, 0.25) is 0 Å². The van der Waals surface area contributed by atoms with Crippen LogP contribution < -0.4 is 4.74 Å². The number of carbonyl (C=O) groups excluding carboxylic acids is 1. The number of allylic oxidation sites excluding steroid dienone is 2. The highest BCUT2D eigenvalue weighted by Crippen LogP contribution is 2.41. The molecule has 0 aliphatic heterocycles. The highest BCUT2D eigenvalue weighted by molar-refractivity contribution is 6.00. The number of aromatic nitrogens is 1. The molecule has 1 atom stereocenters. The number of H-pyrrole nitrogens is 1. The molecule has 1 aliphatic carbocycles. The van der Waals surface area contributed by atoms with E-state index in [9.17, 15) is 4.79 Å². The highest BCUT2D eigenvalue weighted by Gasteiger charge is 2.29. The summed E-state index contributed by atoms with van der Waals surface area (Å²) < 4.78 is 5.44. The van der Waals surface area contributed by atoms with Gasteiger partial charge in [0.15, 0.2) is 5.78 Å². The molecule has 0 radical (unpaired) electrons. The van der Waals surface area contributed by atoms with Gasteiger partial charge in [-0.15, -0.1) is 0 Å². The summed E-state index contributed by atoms with van der Waals surface area (Å²) in [6.07, 6.45) is 4.67. The maximum Gasteiger partial charge on any atom is 0.159 e. The molecule has 1 N–H and O–H groups in total. The van der Waals surface area contributed by atoms with E-state index in [1.165, 1.54) is 10.9 Å². The minimum absolute atomic E-state index is 0.0750. The third-order valence-corrected chi connectivity index (χ3v) is 5.26. The molecule has 4 rings (SSSR count). The molecule has 3 heteroatoms. The zero-order chi connectivity index (χ0) is 18.1. The first-order chi connectivity index (χ1) is 12.7. The summed E-state index contributed by atoms with van der Waals surface area (Å²) in [5, 5.41) is 1.18. The van der Waals surface area contributed by atoms with Crippen LogP contribution in [0.4, 0.5) is 0 Å². The van der Waals surface area contributed by atoms with Crippen LogP contribution >= 0.6 is 0 Å². The molecule has 0 saturated heterocycles. The van der Waals surface area contributed by atoms with Gasteiger partial charge >= 0.3 is 0 Å². The maximum absolute atomic E-state index is 12.8. The van der Waals surface area contributed by atoms with Crippen LogP contribution in [0, 0.1) is 6.92 Å². The Morgan fingerprint density at radius 2 is 1.96 bits per heavy atom. The lowest BCUT2D eigenvalue weighted by Gasteiger charge is -2.24. The predicted molar refractivity (Wildman–Crippen MR) is 105 cm³/mol. The van der Waals surface area contributed by atoms with Crippen molar-refractivity contribution in [3.8, 4) is 5.75 Å². The number of Topliss-reactive ketones (excluding diaryl/α,β-unsaturated/α-hetero) is 1. The summed E-state index contributed by atoms with van der Waals surface area (Å²) in [5.74, 6) is 0.997. The van der Waals surface area contributed by atoms with Crippen LogP contribution in [0.1, 0.15) is 42.0 Å². The molecule has 1 aliphatic rings. The molecule has 1 heterocycles. The molecule has 0 amide bonds. The molecular formula is C23H23NO2. The molecule has 1 aromatic heterocycles. The maximum atomic E-state index is 12.8. The highest BCUT2D eigenvalue weighted by atomic mass is 16.5. The van der Waals surface area contributed by atoms with Crippen LogP contribution in [-0.2, 0) is 4.79 Å². The zero-order valence-corrected chi connectivity index (χ0v) is 15.2. The van der Waals surface area contributed by atoms with Crippen LogP contribution in [0.25, 0.3) is 10.9 Å². The van der Waals surface area contributed by atoms with Gasteiger partial charge in [0.05, 0.1) is 7.11 Å². The minimum atomic E-state index is -0.0750. The van der Waals surface area contributed by atoms with Gasteiger partial charge < -0.3 is 9.72 Å². The van der Waals surface area contributed by atoms with E-state index in [1.54, 1.807) is 7.11 Å². The summed E-state index contributed by atoms with van der Waals surface area (Å²) in [7, 11) is 1.68. The van der Waals surface area contributed by atoms with Crippen molar-refractivity contribution in [1.82, 2.24) is 4.98 Å². The lowest BCUT2D eigenvalue weighted by Crippen LogP contribution is -2.16. The molecule has 0 spiro atoms. The van der Waals surface area contributed by atoms with E-state index >= 15 is 0 Å². The summed E-state index contributed by atoms with van der Waals surface area (Å²) in [4.78, 5) is 16.3. The van der Waals surface area contributed by atoms with Gasteiger partial charge in [-0.25, -0.2) is 0 Å². The standard InChI is InChI=1S/C23H23NO2/c1-15-22(18-10-3-5-12-20(18)24-15)23(19-11-4-6-13-21(19)25)16-8-7-9-17(14-16)26-2/h3,5,7-12,14,23-24H,4,6,13H2,1-2H3. The van der Waals surface area contributed by atoms with Crippen LogP contribution in [-0.4, -0.2) is 17.9 Å². The lowest BCUT2D eigenvalue weighted by atomic mass is 9.78. The molecule has 3 nitrogen and oxygen atoms in total. The molecule has 3 aromatic rings. The summed E-state index contributed by atoms with van der Waals surface area (Å²) in [6, 6.07) is 16.4. The number of benzene rings is 2. The minimum Gasteiger partial charge on any atom is -0.497 e. The lowest BCUT2D eigenvalue weighted by molar-refractivity contribution is -0.116. The van der Waals surface area contributed by atoms with Gasteiger partial charge in [-0.05, 0) is 49.1 Å². The second kappa shape index (κ2) is 6.83. The van der Waals surface area contributed by atoms with Crippen molar-refractivity contribution in [3.63, 3.8) is 0 Å². The van der Waals surface area contributed by atoms with Gasteiger partial charge in [-0.3, -0.25) is 4.79 Å². The Morgan fingerprint density at radius 3 is 2.77 bits per heavy atom. The molecule has 0 fully saturated rings. The SMILES string of the molecule is COc1cccc(C(C2=CCCCC2=O)c2c(C)[nH]c3ccccc23)c1. The van der Waals surface area contributed by atoms with Gasteiger partial charge in [-0.1, -0.05) is 36.4 Å². The van der Waals surface area contributed by atoms with Crippen molar-refractivity contribution in [2.24, 2.45) is 0 Å². The van der Waals surface area contributed by atoms with Crippen molar-refractivity contribution < 1.29 is 9.53 Å². The number of methoxy groups -OCH3 is 1. The van der Waals surface area contributed by atoms with Gasteiger partial charge in [-0.2, -0.15) is 0 Å².